The molecule has 16 heteroatoms. The molecule has 0 atom stereocenters. The first-order valence-electron chi connectivity index (χ1n) is 8.83. The third-order valence-electron chi connectivity index (χ3n) is 3.60. The predicted octanol–water partition coefficient (Wildman–Crippen LogP) is 4.21. The summed E-state index contributed by atoms with van der Waals surface area (Å²) in [5.41, 5.74) is 1.13. The Bertz CT molecular complexity index is 1260. The molecule has 0 saturated carbocycles. The van der Waals surface area contributed by atoms with Crippen LogP contribution in [0, 0.1) is 0 Å². The Morgan fingerprint density at radius 3 is 2.00 bits per heavy atom. The van der Waals surface area contributed by atoms with Gasteiger partial charge in [0.15, 0.2) is 0 Å². The van der Waals surface area contributed by atoms with Crippen molar-refractivity contribution in [2.75, 3.05) is 17.7 Å². The van der Waals surface area contributed by atoms with Crippen LogP contribution in [0.1, 0.15) is 0 Å². The molecule has 0 aliphatic heterocycles. The Balaban J connectivity index is 0.000000509. The Labute approximate surface area is 201 Å². The number of hydrogen-bond acceptors (Lipinski definition) is 8. The van der Waals surface area contributed by atoms with Gasteiger partial charge in [-0.1, -0.05) is 29.3 Å². The summed E-state index contributed by atoms with van der Waals surface area (Å²) in [5.74, 6) is -2.25. The van der Waals surface area contributed by atoms with Gasteiger partial charge in [0.2, 0.25) is 21.9 Å². The number of hydrogen-bond donors (Lipinski definition) is 4. The normalized spacial score (nSPS) is 11.2. The van der Waals surface area contributed by atoms with E-state index in [1.807, 2.05) is 0 Å². The molecular formula is C18H15Cl2F3N6O4S. The minimum atomic E-state index is -5.08. The molecule has 2 aromatic carbocycles. The third-order valence-corrected chi connectivity index (χ3v) is 5.45. The third kappa shape index (κ3) is 8.30. The number of carboxylic acids is 1. The molecule has 1 heterocycles. The fourth-order valence-corrected chi connectivity index (χ4v) is 3.46. The van der Waals surface area contributed by atoms with E-state index in [1.165, 1.54) is 25.5 Å². The van der Waals surface area contributed by atoms with Crippen LogP contribution in [-0.2, 0) is 14.8 Å². The van der Waals surface area contributed by atoms with Crippen LogP contribution in [0.25, 0.3) is 0 Å². The highest BCUT2D eigenvalue weighted by atomic mass is 35.5. The van der Waals surface area contributed by atoms with E-state index in [9.17, 15) is 21.6 Å². The number of carbonyl (C=O) groups is 1. The second kappa shape index (κ2) is 11.3. The Kier molecular flexibility index (Phi) is 8.98. The number of halogens is 5. The van der Waals surface area contributed by atoms with Gasteiger partial charge < -0.3 is 15.7 Å². The molecule has 3 aromatic rings. The first-order chi connectivity index (χ1) is 15.8. The molecule has 0 fully saturated rings. The van der Waals surface area contributed by atoms with Crippen LogP contribution in [-0.4, -0.2) is 47.7 Å². The Morgan fingerprint density at radius 1 is 0.971 bits per heavy atom. The average molecular weight is 539 g/mol. The highest BCUT2D eigenvalue weighted by Crippen LogP contribution is 2.24. The van der Waals surface area contributed by atoms with Crippen molar-refractivity contribution in [2.45, 2.75) is 11.1 Å². The summed E-state index contributed by atoms with van der Waals surface area (Å²) in [6.45, 7) is 0. The van der Waals surface area contributed by atoms with Gasteiger partial charge >= 0.3 is 12.1 Å². The number of rotatable bonds is 6. The summed E-state index contributed by atoms with van der Waals surface area (Å²) in [5, 5.41) is 14.0. The fraction of sp³-hybridized carbons (Fsp3) is 0.111. The van der Waals surface area contributed by atoms with E-state index in [1.54, 1.807) is 30.3 Å². The van der Waals surface area contributed by atoms with Gasteiger partial charge in [-0.15, -0.1) is 0 Å². The second-order valence-corrected chi connectivity index (χ2v) is 8.84. The van der Waals surface area contributed by atoms with E-state index in [2.05, 4.69) is 30.3 Å². The quantitative estimate of drug-likeness (QED) is 0.362. The van der Waals surface area contributed by atoms with Crippen LogP contribution < -0.4 is 15.4 Å². The SMILES string of the molecule is CNS(=O)(=O)c1cccc(Nc2ncnc(Nc3cc(Cl)cc(Cl)c3)n2)c1.O=C(O)C(F)(F)F. The van der Waals surface area contributed by atoms with Crippen LogP contribution in [0.4, 0.5) is 36.4 Å². The Hall–Kier alpha value is -3.20. The molecule has 0 amide bonds. The zero-order chi connectivity index (χ0) is 25.5. The van der Waals surface area contributed by atoms with Crippen molar-refractivity contribution in [2.24, 2.45) is 0 Å². The zero-order valence-corrected chi connectivity index (χ0v) is 19.3. The van der Waals surface area contributed by atoms with Gasteiger partial charge in [-0.25, -0.2) is 27.9 Å². The van der Waals surface area contributed by atoms with Crippen LogP contribution in [0.5, 0.6) is 0 Å². The molecule has 0 aliphatic rings. The molecule has 0 bridgehead atoms. The lowest BCUT2D eigenvalue weighted by molar-refractivity contribution is -0.192. The second-order valence-electron chi connectivity index (χ2n) is 6.08. The summed E-state index contributed by atoms with van der Waals surface area (Å²) in [6.07, 6.45) is -3.77. The predicted molar refractivity (Wildman–Crippen MR) is 119 cm³/mol. The van der Waals surface area contributed by atoms with E-state index in [4.69, 9.17) is 33.1 Å². The van der Waals surface area contributed by atoms with Gasteiger partial charge in [-0.2, -0.15) is 18.2 Å². The van der Waals surface area contributed by atoms with Crippen molar-refractivity contribution in [3.63, 3.8) is 0 Å². The lowest BCUT2D eigenvalue weighted by Gasteiger charge is -2.09. The van der Waals surface area contributed by atoms with E-state index < -0.39 is 22.2 Å². The number of sulfonamides is 1. The molecule has 0 radical (unpaired) electrons. The monoisotopic (exact) mass is 538 g/mol. The number of anilines is 4. The smallest absolute Gasteiger partial charge is 0.475 e. The standard InChI is InChI=1S/C16H14Cl2N6O2S.C2HF3O2/c1-19-27(25,26)14-4-2-3-12(8-14)22-15-20-9-21-16(24-15)23-13-6-10(17)5-11(18)7-13;3-2(4,5)1(6)7/h2-9,19H,1H3,(H2,20,21,22,23,24);(H,6,7). The maximum atomic E-state index is 11.9. The van der Waals surface area contributed by atoms with Crippen molar-refractivity contribution < 1.29 is 31.5 Å². The summed E-state index contributed by atoms with van der Waals surface area (Å²) < 4.78 is 57.8. The highest BCUT2D eigenvalue weighted by molar-refractivity contribution is 7.89. The van der Waals surface area contributed by atoms with Crippen molar-refractivity contribution in [3.8, 4) is 0 Å². The number of carboxylic acid groups (broad SMARTS) is 1. The van der Waals surface area contributed by atoms with Crippen LogP contribution in [0.2, 0.25) is 10.0 Å². The van der Waals surface area contributed by atoms with E-state index in [0.29, 0.717) is 21.4 Å². The minimum Gasteiger partial charge on any atom is -0.475 e. The molecule has 1 aromatic heterocycles. The van der Waals surface area contributed by atoms with Crippen LogP contribution >= 0.6 is 23.2 Å². The molecule has 0 saturated heterocycles. The van der Waals surface area contributed by atoms with Gasteiger partial charge in [0.05, 0.1) is 4.90 Å². The molecule has 0 unspecified atom stereocenters. The molecule has 0 aliphatic carbocycles. The number of alkyl halides is 3. The lowest BCUT2D eigenvalue weighted by Crippen LogP contribution is -2.21. The number of nitrogens with one attached hydrogen (secondary N) is 3. The fourth-order valence-electron chi connectivity index (χ4n) is 2.16. The van der Waals surface area contributed by atoms with Crippen molar-refractivity contribution in [3.05, 3.63) is 58.8 Å². The van der Waals surface area contributed by atoms with Crippen molar-refractivity contribution >= 4 is 62.5 Å². The number of benzene rings is 2. The summed E-state index contributed by atoms with van der Waals surface area (Å²) in [7, 11) is -2.20. The summed E-state index contributed by atoms with van der Waals surface area (Å²) in [4.78, 5) is 21.3. The first kappa shape index (κ1) is 27.0. The van der Waals surface area contributed by atoms with Gasteiger partial charge in [0.1, 0.15) is 6.33 Å². The maximum absolute atomic E-state index is 11.9. The number of nitrogens with zero attached hydrogens (tertiary/aromatic N) is 3. The zero-order valence-electron chi connectivity index (χ0n) is 16.9. The lowest BCUT2D eigenvalue weighted by atomic mass is 10.3. The first-order valence-corrected chi connectivity index (χ1v) is 11.1. The molecular weight excluding hydrogens is 524 g/mol. The van der Waals surface area contributed by atoms with Crippen LogP contribution in [0.15, 0.2) is 53.7 Å². The average Bonchev–Trinajstić information content (AvgIpc) is 2.73. The van der Waals surface area contributed by atoms with Gasteiger partial charge in [0.25, 0.3) is 0 Å². The van der Waals surface area contributed by atoms with Crippen molar-refractivity contribution in [1.82, 2.24) is 19.7 Å². The summed E-state index contributed by atoms with van der Waals surface area (Å²) in [6, 6.07) is 11.2. The molecule has 182 valence electrons. The minimum absolute atomic E-state index is 0.121. The largest absolute Gasteiger partial charge is 0.490 e. The van der Waals surface area contributed by atoms with Gasteiger partial charge in [-0.05, 0) is 43.4 Å². The molecule has 34 heavy (non-hydrogen) atoms. The van der Waals surface area contributed by atoms with E-state index in [0.717, 1.165) is 0 Å². The van der Waals surface area contributed by atoms with Crippen LogP contribution in [0.3, 0.4) is 0 Å². The molecule has 0 spiro atoms. The molecule has 4 N–H and O–H groups in total. The topological polar surface area (TPSA) is 146 Å². The highest BCUT2D eigenvalue weighted by Gasteiger charge is 2.38. The number of aromatic nitrogens is 3. The van der Waals surface area contributed by atoms with E-state index in [-0.39, 0.29) is 16.8 Å². The maximum Gasteiger partial charge on any atom is 0.490 e. The Morgan fingerprint density at radius 2 is 1.50 bits per heavy atom. The van der Waals surface area contributed by atoms with Gasteiger partial charge in [0, 0.05) is 21.4 Å². The number of aliphatic carboxylic acids is 1. The van der Waals surface area contributed by atoms with Gasteiger partial charge in [-0.3, -0.25) is 0 Å². The summed E-state index contributed by atoms with van der Waals surface area (Å²) >= 11 is 11.9. The van der Waals surface area contributed by atoms with E-state index >= 15 is 0 Å². The molecule has 3 rings (SSSR count). The molecule has 10 nitrogen and oxygen atoms in total. The van der Waals surface area contributed by atoms with Crippen molar-refractivity contribution in [1.29, 1.82) is 0 Å².